The number of carbonyl (C=O) groups excluding carboxylic acids is 2. The fourth-order valence-electron chi connectivity index (χ4n) is 1.51. The summed E-state index contributed by atoms with van der Waals surface area (Å²) in [5.41, 5.74) is 6.48. The minimum atomic E-state index is -0.374. The molecular weight excluding hydrogens is 196 g/mol. The first-order valence-electron chi connectivity index (χ1n) is 4.45. The fraction of sp³-hybridized carbons (Fsp3) is 0.200. The van der Waals surface area contributed by atoms with Crippen molar-refractivity contribution in [3.05, 3.63) is 18.2 Å². The molecule has 78 valence electrons. The zero-order valence-corrected chi connectivity index (χ0v) is 8.19. The minimum absolute atomic E-state index is 0.115. The van der Waals surface area contributed by atoms with Gasteiger partial charge >= 0.3 is 0 Å². The number of nitrogens with two attached hydrogens (primary N) is 1. The molecule has 15 heavy (non-hydrogen) atoms. The molecule has 2 rings (SSSR count). The largest absolute Gasteiger partial charge is 0.482 e. The zero-order valence-electron chi connectivity index (χ0n) is 8.19. The molecule has 0 aromatic heterocycles. The van der Waals surface area contributed by atoms with Gasteiger partial charge in [0.15, 0.2) is 6.61 Å². The summed E-state index contributed by atoms with van der Waals surface area (Å²) < 4.78 is 5.17. The Morgan fingerprint density at radius 3 is 2.93 bits per heavy atom. The van der Waals surface area contributed by atoms with E-state index in [0.717, 1.165) is 4.90 Å². The molecule has 0 saturated heterocycles. The van der Waals surface area contributed by atoms with Crippen LogP contribution in [0.15, 0.2) is 18.2 Å². The Balaban J connectivity index is 2.55. The van der Waals surface area contributed by atoms with Gasteiger partial charge in [-0.1, -0.05) is 0 Å². The van der Waals surface area contributed by atoms with Crippen molar-refractivity contribution < 1.29 is 14.3 Å². The number of benzene rings is 1. The summed E-state index contributed by atoms with van der Waals surface area (Å²) >= 11 is 0. The van der Waals surface area contributed by atoms with E-state index < -0.39 is 0 Å². The topological polar surface area (TPSA) is 72.6 Å². The van der Waals surface area contributed by atoms with Crippen LogP contribution in [0.5, 0.6) is 5.75 Å². The highest BCUT2D eigenvalue weighted by molar-refractivity contribution is 6.16. The van der Waals surface area contributed by atoms with Gasteiger partial charge in [-0.15, -0.1) is 0 Å². The summed E-state index contributed by atoms with van der Waals surface area (Å²) in [6, 6.07) is 4.85. The number of nitrogens with zero attached hydrogens (tertiary/aromatic N) is 1. The molecule has 0 bridgehead atoms. The Labute approximate surface area is 86.4 Å². The molecule has 1 aliphatic rings. The Kier molecular flexibility index (Phi) is 2.07. The number of fused-ring (bicyclic) bond motifs is 1. The van der Waals surface area contributed by atoms with Crippen molar-refractivity contribution in [1.29, 1.82) is 0 Å². The number of anilines is 2. The summed E-state index contributed by atoms with van der Waals surface area (Å²) in [4.78, 5) is 23.8. The van der Waals surface area contributed by atoms with Gasteiger partial charge in [-0.25, -0.2) is 4.90 Å². The van der Waals surface area contributed by atoms with Crippen LogP contribution in [0.1, 0.15) is 6.92 Å². The summed E-state index contributed by atoms with van der Waals surface area (Å²) in [7, 11) is 0. The van der Waals surface area contributed by atoms with E-state index in [0.29, 0.717) is 17.1 Å². The number of ether oxygens (including phenoxy) is 1. The third-order valence-corrected chi connectivity index (χ3v) is 2.14. The smallest absolute Gasteiger partial charge is 0.271 e. The van der Waals surface area contributed by atoms with Crippen LogP contribution in [0.3, 0.4) is 0 Å². The van der Waals surface area contributed by atoms with Gasteiger partial charge in [0.1, 0.15) is 5.75 Å². The number of imide groups is 1. The van der Waals surface area contributed by atoms with Crippen molar-refractivity contribution in [3.63, 3.8) is 0 Å². The van der Waals surface area contributed by atoms with Crippen LogP contribution in [0.25, 0.3) is 0 Å². The van der Waals surface area contributed by atoms with Crippen molar-refractivity contribution in [1.82, 2.24) is 0 Å². The van der Waals surface area contributed by atoms with E-state index in [1.54, 1.807) is 18.2 Å². The maximum absolute atomic E-state index is 11.4. The lowest BCUT2D eigenvalue weighted by Crippen LogP contribution is -2.41. The molecule has 1 aromatic rings. The van der Waals surface area contributed by atoms with Gasteiger partial charge in [0.2, 0.25) is 5.91 Å². The molecule has 0 atom stereocenters. The lowest BCUT2D eigenvalue weighted by Gasteiger charge is -2.26. The maximum atomic E-state index is 11.4. The SMILES string of the molecule is CC(=O)N1C(=O)COc2ccc(N)cc21. The number of hydrogen-bond donors (Lipinski definition) is 1. The van der Waals surface area contributed by atoms with E-state index in [2.05, 4.69) is 0 Å². The molecule has 0 saturated carbocycles. The quantitative estimate of drug-likeness (QED) is 0.629. The molecule has 0 aliphatic carbocycles. The maximum Gasteiger partial charge on any atom is 0.271 e. The third kappa shape index (κ3) is 1.52. The van der Waals surface area contributed by atoms with Crippen LogP contribution >= 0.6 is 0 Å². The van der Waals surface area contributed by atoms with Crippen LogP contribution in [-0.2, 0) is 9.59 Å². The molecule has 5 heteroatoms. The highest BCUT2D eigenvalue weighted by Gasteiger charge is 2.28. The van der Waals surface area contributed by atoms with Gasteiger partial charge in [-0.05, 0) is 18.2 Å². The highest BCUT2D eigenvalue weighted by Crippen LogP contribution is 2.33. The van der Waals surface area contributed by atoms with Gasteiger partial charge in [0.05, 0.1) is 5.69 Å². The number of hydrogen-bond acceptors (Lipinski definition) is 4. The molecule has 0 spiro atoms. The predicted molar refractivity (Wildman–Crippen MR) is 54.5 cm³/mol. The lowest BCUT2D eigenvalue weighted by molar-refractivity contribution is -0.127. The Bertz CT molecular complexity index is 442. The van der Waals surface area contributed by atoms with Crippen molar-refractivity contribution in [2.75, 3.05) is 17.2 Å². The molecular formula is C10H10N2O3. The monoisotopic (exact) mass is 206 g/mol. The van der Waals surface area contributed by atoms with E-state index in [4.69, 9.17) is 10.5 Å². The van der Waals surface area contributed by atoms with Crippen LogP contribution < -0.4 is 15.4 Å². The number of nitrogen functional groups attached to an aromatic ring is 1. The van der Waals surface area contributed by atoms with Crippen LogP contribution in [-0.4, -0.2) is 18.4 Å². The van der Waals surface area contributed by atoms with Crippen molar-refractivity contribution in [2.24, 2.45) is 0 Å². The first-order valence-corrected chi connectivity index (χ1v) is 4.45. The summed E-state index contributed by atoms with van der Waals surface area (Å²) in [5.74, 6) is -0.213. The average Bonchev–Trinajstić information content (AvgIpc) is 2.16. The number of rotatable bonds is 0. The third-order valence-electron chi connectivity index (χ3n) is 2.14. The van der Waals surface area contributed by atoms with Crippen molar-refractivity contribution >= 4 is 23.2 Å². The summed E-state index contributed by atoms with van der Waals surface area (Å²) in [6.07, 6.45) is 0. The van der Waals surface area contributed by atoms with Gasteiger partial charge < -0.3 is 10.5 Å². The first kappa shape index (κ1) is 9.51. The van der Waals surface area contributed by atoms with E-state index in [-0.39, 0.29) is 18.4 Å². The van der Waals surface area contributed by atoms with Crippen LogP contribution in [0, 0.1) is 0 Å². The van der Waals surface area contributed by atoms with Crippen molar-refractivity contribution in [2.45, 2.75) is 6.92 Å². The van der Waals surface area contributed by atoms with E-state index in [1.165, 1.54) is 6.92 Å². The number of carbonyl (C=O) groups is 2. The van der Waals surface area contributed by atoms with Gasteiger partial charge in [-0.2, -0.15) is 0 Å². The zero-order chi connectivity index (χ0) is 11.0. The van der Waals surface area contributed by atoms with E-state index >= 15 is 0 Å². The molecule has 1 aliphatic heterocycles. The predicted octanol–water partition coefficient (Wildman–Crippen LogP) is 0.541. The second-order valence-corrected chi connectivity index (χ2v) is 3.26. The minimum Gasteiger partial charge on any atom is -0.482 e. The second kappa shape index (κ2) is 3.27. The lowest BCUT2D eigenvalue weighted by atomic mass is 10.2. The molecule has 1 aromatic carbocycles. The summed E-state index contributed by atoms with van der Waals surface area (Å²) in [6.45, 7) is 1.21. The van der Waals surface area contributed by atoms with Crippen molar-refractivity contribution in [3.8, 4) is 5.75 Å². The summed E-state index contributed by atoms with van der Waals surface area (Å²) in [5, 5.41) is 0. The normalized spacial score (nSPS) is 14.5. The molecule has 1 heterocycles. The first-order chi connectivity index (χ1) is 7.09. The van der Waals surface area contributed by atoms with Gasteiger partial charge in [-0.3, -0.25) is 9.59 Å². The molecule has 2 amide bonds. The Morgan fingerprint density at radius 2 is 2.27 bits per heavy atom. The standard InChI is InChI=1S/C10H10N2O3/c1-6(13)12-8-4-7(11)2-3-9(8)15-5-10(12)14/h2-4H,5,11H2,1H3. The second-order valence-electron chi connectivity index (χ2n) is 3.26. The van der Waals surface area contributed by atoms with Crippen LogP contribution in [0.4, 0.5) is 11.4 Å². The fourth-order valence-corrected chi connectivity index (χ4v) is 1.51. The van der Waals surface area contributed by atoms with Gasteiger partial charge in [0, 0.05) is 12.6 Å². The highest BCUT2D eigenvalue weighted by atomic mass is 16.5. The number of amides is 2. The van der Waals surface area contributed by atoms with E-state index in [9.17, 15) is 9.59 Å². The van der Waals surface area contributed by atoms with Gasteiger partial charge in [0.25, 0.3) is 5.91 Å². The average molecular weight is 206 g/mol. The molecule has 0 fully saturated rings. The Morgan fingerprint density at radius 1 is 1.53 bits per heavy atom. The molecule has 0 radical (unpaired) electrons. The molecule has 5 nitrogen and oxygen atoms in total. The van der Waals surface area contributed by atoms with Crippen LogP contribution in [0.2, 0.25) is 0 Å². The molecule has 2 N–H and O–H groups in total. The Hall–Kier alpha value is -2.04. The molecule has 0 unspecified atom stereocenters. The van der Waals surface area contributed by atoms with E-state index in [1.807, 2.05) is 0 Å².